The molecule has 276 valence electrons. The Morgan fingerprint density at radius 2 is 0.797 bits per heavy atom. The van der Waals surface area contributed by atoms with Crippen molar-refractivity contribution in [2.24, 2.45) is 0 Å². The standard InChI is InChI=1S/C56H36N2O/c1-3-18-41(19-4-1)57(43-28-26-37-14-7-9-16-39(37)32-43)45-30-31-48-52-35-50-46-22-11-12-23-47(46)53(36-51(50)49-24-13-25-54(56(49)52)59-55(48)34-45)58(42-20-5-2-6-21-42)44-29-27-38-15-8-10-17-40(38)33-44/h1-36H. The number of rotatable bonds is 6. The third-order valence-corrected chi connectivity index (χ3v) is 11.9. The zero-order chi connectivity index (χ0) is 38.9. The van der Waals surface area contributed by atoms with Gasteiger partial charge in [-0.1, -0.05) is 133 Å². The maximum Gasteiger partial charge on any atom is 0.137 e. The number of hydrogen-bond acceptors (Lipinski definition) is 3. The van der Waals surface area contributed by atoms with E-state index in [0.29, 0.717) is 0 Å². The summed E-state index contributed by atoms with van der Waals surface area (Å²) in [6.45, 7) is 0. The second-order valence-corrected chi connectivity index (χ2v) is 15.3. The molecule has 0 N–H and O–H groups in total. The van der Waals surface area contributed by atoms with Crippen LogP contribution in [-0.4, -0.2) is 0 Å². The lowest BCUT2D eigenvalue weighted by Crippen LogP contribution is -2.11. The van der Waals surface area contributed by atoms with Gasteiger partial charge in [0, 0.05) is 50.8 Å². The molecule has 0 aliphatic carbocycles. The Labute approximate surface area is 342 Å². The van der Waals surface area contributed by atoms with Crippen LogP contribution >= 0.6 is 0 Å². The number of nitrogens with zero attached hydrogens (tertiary/aromatic N) is 2. The van der Waals surface area contributed by atoms with Gasteiger partial charge in [-0.25, -0.2) is 0 Å². The van der Waals surface area contributed by atoms with E-state index in [1.165, 1.54) is 54.0 Å². The molecule has 12 rings (SSSR count). The quantitative estimate of drug-likeness (QED) is 0.157. The molecule has 11 aromatic rings. The summed E-state index contributed by atoms with van der Waals surface area (Å²) in [6.07, 6.45) is 0. The summed E-state index contributed by atoms with van der Waals surface area (Å²) in [5.41, 5.74) is 8.83. The molecule has 0 amide bonds. The third-order valence-electron chi connectivity index (χ3n) is 11.9. The molecular weight excluding hydrogens is 717 g/mol. The molecule has 0 bridgehead atoms. The van der Waals surface area contributed by atoms with Crippen molar-refractivity contribution in [3.05, 3.63) is 218 Å². The van der Waals surface area contributed by atoms with Crippen molar-refractivity contribution in [1.29, 1.82) is 0 Å². The van der Waals surface area contributed by atoms with E-state index in [1.54, 1.807) is 0 Å². The van der Waals surface area contributed by atoms with Crippen LogP contribution in [-0.2, 0) is 0 Å². The van der Waals surface area contributed by atoms with Crippen LogP contribution in [0.4, 0.5) is 34.1 Å². The molecule has 1 heterocycles. The van der Waals surface area contributed by atoms with Gasteiger partial charge in [-0.05, 0) is 128 Å². The predicted octanol–water partition coefficient (Wildman–Crippen LogP) is 16.2. The molecule has 1 aliphatic rings. The van der Waals surface area contributed by atoms with Crippen LogP contribution in [0, 0.1) is 0 Å². The first-order chi connectivity index (χ1) is 29.2. The van der Waals surface area contributed by atoms with E-state index < -0.39 is 0 Å². The van der Waals surface area contributed by atoms with Gasteiger partial charge in [0.25, 0.3) is 0 Å². The lowest BCUT2D eigenvalue weighted by molar-refractivity contribution is 0.487. The third kappa shape index (κ3) is 5.44. The van der Waals surface area contributed by atoms with Gasteiger partial charge in [0.1, 0.15) is 11.5 Å². The smallest absolute Gasteiger partial charge is 0.137 e. The molecule has 3 heteroatoms. The minimum Gasteiger partial charge on any atom is -0.456 e. The molecule has 0 radical (unpaired) electrons. The van der Waals surface area contributed by atoms with E-state index in [1.807, 2.05) is 0 Å². The number of para-hydroxylation sites is 2. The van der Waals surface area contributed by atoms with Crippen LogP contribution in [0.1, 0.15) is 0 Å². The number of anilines is 6. The molecule has 59 heavy (non-hydrogen) atoms. The molecular formula is C56H36N2O. The Morgan fingerprint density at radius 1 is 0.271 bits per heavy atom. The Balaban J connectivity index is 1.06. The number of hydrogen-bond donors (Lipinski definition) is 0. The zero-order valence-corrected chi connectivity index (χ0v) is 32.1. The summed E-state index contributed by atoms with van der Waals surface area (Å²) < 4.78 is 6.94. The van der Waals surface area contributed by atoms with E-state index >= 15 is 0 Å². The fourth-order valence-electron chi connectivity index (χ4n) is 9.23. The van der Waals surface area contributed by atoms with Gasteiger partial charge in [0.15, 0.2) is 0 Å². The summed E-state index contributed by atoms with van der Waals surface area (Å²) in [4.78, 5) is 4.72. The fraction of sp³-hybridized carbons (Fsp3) is 0. The number of fused-ring (bicyclic) bond motifs is 8. The largest absolute Gasteiger partial charge is 0.456 e. The maximum atomic E-state index is 6.94. The molecule has 11 aromatic carbocycles. The predicted molar refractivity (Wildman–Crippen MR) is 249 cm³/mol. The molecule has 3 nitrogen and oxygen atoms in total. The van der Waals surface area contributed by atoms with Gasteiger partial charge in [0.2, 0.25) is 0 Å². The first-order valence-corrected chi connectivity index (χ1v) is 20.2. The highest BCUT2D eigenvalue weighted by Gasteiger charge is 2.26. The van der Waals surface area contributed by atoms with Gasteiger partial charge in [-0.15, -0.1) is 0 Å². The highest BCUT2D eigenvalue weighted by atomic mass is 16.5. The Hall–Kier alpha value is -7.88. The molecule has 1 aliphatic heterocycles. The fourth-order valence-corrected chi connectivity index (χ4v) is 9.23. The number of ether oxygens (including phenoxy) is 1. The average molecular weight is 753 g/mol. The van der Waals surface area contributed by atoms with Gasteiger partial charge >= 0.3 is 0 Å². The van der Waals surface area contributed by atoms with E-state index in [-0.39, 0.29) is 0 Å². The lowest BCUT2D eigenvalue weighted by atomic mass is 9.88. The second kappa shape index (κ2) is 13.4. The van der Waals surface area contributed by atoms with Crippen molar-refractivity contribution in [3.8, 4) is 22.6 Å². The monoisotopic (exact) mass is 752 g/mol. The topological polar surface area (TPSA) is 15.7 Å². The minimum atomic E-state index is 0.844. The molecule has 0 aromatic heterocycles. The normalized spacial score (nSPS) is 11.9. The average Bonchev–Trinajstić information content (AvgIpc) is 3.30. The van der Waals surface area contributed by atoms with Gasteiger partial charge < -0.3 is 14.5 Å². The van der Waals surface area contributed by atoms with Crippen LogP contribution in [0.3, 0.4) is 0 Å². The van der Waals surface area contributed by atoms with Crippen LogP contribution < -0.4 is 14.5 Å². The maximum absolute atomic E-state index is 6.94. The van der Waals surface area contributed by atoms with Crippen LogP contribution in [0.15, 0.2) is 218 Å². The van der Waals surface area contributed by atoms with Crippen LogP contribution in [0.5, 0.6) is 11.5 Å². The molecule has 0 unspecified atom stereocenters. The second-order valence-electron chi connectivity index (χ2n) is 15.3. The van der Waals surface area contributed by atoms with Crippen LogP contribution in [0.2, 0.25) is 0 Å². The Morgan fingerprint density at radius 3 is 1.49 bits per heavy atom. The molecule has 0 spiro atoms. The van der Waals surface area contributed by atoms with Gasteiger partial charge in [0.05, 0.1) is 5.69 Å². The zero-order valence-electron chi connectivity index (χ0n) is 32.1. The van der Waals surface area contributed by atoms with Crippen molar-refractivity contribution in [1.82, 2.24) is 0 Å². The van der Waals surface area contributed by atoms with E-state index in [0.717, 1.165) is 56.6 Å². The lowest BCUT2D eigenvalue weighted by Gasteiger charge is -2.29. The number of benzene rings is 11. The van der Waals surface area contributed by atoms with Crippen molar-refractivity contribution in [2.75, 3.05) is 9.80 Å². The van der Waals surface area contributed by atoms with Crippen molar-refractivity contribution in [2.45, 2.75) is 0 Å². The van der Waals surface area contributed by atoms with Gasteiger partial charge in [-0.2, -0.15) is 0 Å². The van der Waals surface area contributed by atoms with E-state index in [2.05, 4.69) is 228 Å². The summed E-state index contributed by atoms with van der Waals surface area (Å²) in [5, 5.41) is 12.0. The molecule has 0 fully saturated rings. The van der Waals surface area contributed by atoms with Crippen LogP contribution in [0.25, 0.3) is 65.0 Å². The summed E-state index contributed by atoms with van der Waals surface area (Å²) in [7, 11) is 0. The molecule has 0 saturated carbocycles. The van der Waals surface area contributed by atoms with E-state index in [9.17, 15) is 0 Å². The highest BCUT2D eigenvalue weighted by Crippen LogP contribution is 2.53. The first kappa shape index (κ1) is 33.3. The minimum absolute atomic E-state index is 0.844. The van der Waals surface area contributed by atoms with Crippen molar-refractivity contribution < 1.29 is 4.74 Å². The highest BCUT2D eigenvalue weighted by molar-refractivity contribution is 6.25. The first-order valence-electron chi connectivity index (χ1n) is 20.2. The molecule has 0 atom stereocenters. The van der Waals surface area contributed by atoms with E-state index in [4.69, 9.17) is 4.74 Å². The molecule has 0 saturated heterocycles. The summed E-state index contributed by atoms with van der Waals surface area (Å²) >= 11 is 0. The Bertz CT molecular complexity index is 3430. The van der Waals surface area contributed by atoms with Crippen molar-refractivity contribution in [3.63, 3.8) is 0 Å². The van der Waals surface area contributed by atoms with Gasteiger partial charge in [-0.3, -0.25) is 0 Å². The SMILES string of the molecule is c1ccc(N(c2ccc3c(c2)Oc2cccc4c2c-3cc2c3ccccc3c(N(c3ccccc3)c3ccc5ccccc5c3)cc42)c2ccc3ccccc3c2)cc1. The Kier molecular flexibility index (Phi) is 7.54. The summed E-state index contributed by atoms with van der Waals surface area (Å²) in [6, 6.07) is 78.7. The van der Waals surface area contributed by atoms with Crippen molar-refractivity contribution >= 4 is 88.0 Å². The summed E-state index contributed by atoms with van der Waals surface area (Å²) in [5.74, 6) is 1.71.